The summed E-state index contributed by atoms with van der Waals surface area (Å²) in [4.78, 5) is 8.61. The van der Waals surface area contributed by atoms with E-state index in [1.165, 1.54) is 0 Å². The molecule has 0 aliphatic carbocycles. The van der Waals surface area contributed by atoms with Crippen molar-refractivity contribution >= 4 is 11.7 Å². The van der Waals surface area contributed by atoms with Crippen molar-refractivity contribution < 1.29 is 4.74 Å². The Hall–Kier alpha value is -2.36. The van der Waals surface area contributed by atoms with Crippen molar-refractivity contribution in [2.75, 3.05) is 11.9 Å². The lowest BCUT2D eigenvalue weighted by Crippen LogP contribution is -2.14. The Bertz CT molecular complexity index is 539. The van der Waals surface area contributed by atoms with Gasteiger partial charge in [0.05, 0.1) is 12.2 Å². The first-order chi connectivity index (χ1) is 8.92. The zero-order valence-electron chi connectivity index (χ0n) is 9.78. The molecule has 0 fully saturated rings. The van der Waals surface area contributed by atoms with Crippen LogP contribution >= 0.6 is 0 Å². The third-order valence-electron chi connectivity index (χ3n) is 2.70. The lowest BCUT2D eigenvalue weighted by Gasteiger charge is -2.11. The predicted molar refractivity (Wildman–Crippen MR) is 70.4 cm³/mol. The van der Waals surface area contributed by atoms with Crippen LogP contribution in [0.5, 0.6) is 0 Å². The maximum atomic E-state index is 5.73. The number of hydrogen-bond acceptors (Lipinski definition) is 4. The molecule has 2 heterocycles. The van der Waals surface area contributed by atoms with Gasteiger partial charge in [0.2, 0.25) is 0 Å². The molecule has 0 spiro atoms. The summed E-state index contributed by atoms with van der Waals surface area (Å²) in [5.41, 5.74) is 1.88. The van der Waals surface area contributed by atoms with E-state index in [0.717, 1.165) is 11.4 Å². The van der Waals surface area contributed by atoms with Crippen LogP contribution in [0.2, 0.25) is 0 Å². The quantitative estimate of drug-likeness (QED) is 0.876. The van der Waals surface area contributed by atoms with Gasteiger partial charge in [-0.25, -0.2) is 4.99 Å². The number of rotatable bonds is 2. The maximum Gasteiger partial charge on any atom is 0.290 e. The van der Waals surface area contributed by atoms with Crippen LogP contribution in [-0.4, -0.2) is 17.6 Å². The molecule has 4 heteroatoms. The Kier molecular flexibility index (Phi) is 2.92. The Morgan fingerprint density at radius 3 is 2.67 bits per heavy atom. The van der Waals surface area contributed by atoms with Crippen molar-refractivity contribution in [1.82, 2.24) is 4.98 Å². The van der Waals surface area contributed by atoms with Crippen LogP contribution in [0.25, 0.3) is 0 Å². The number of aliphatic imine (C=N–C) groups is 1. The Morgan fingerprint density at radius 2 is 1.89 bits per heavy atom. The topological polar surface area (TPSA) is 46.5 Å². The number of hydrogen-bond donors (Lipinski definition) is 1. The lowest BCUT2D eigenvalue weighted by atomic mass is 10.2. The van der Waals surface area contributed by atoms with E-state index in [4.69, 9.17) is 4.74 Å². The first kappa shape index (κ1) is 10.8. The number of nitrogens with one attached hydrogen (secondary N) is 1. The summed E-state index contributed by atoms with van der Waals surface area (Å²) in [6.07, 6.45) is 1.68. The van der Waals surface area contributed by atoms with Gasteiger partial charge in [-0.3, -0.25) is 4.98 Å². The summed E-state index contributed by atoms with van der Waals surface area (Å²) in [5, 5.41) is 3.14. The van der Waals surface area contributed by atoms with Gasteiger partial charge in [0.25, 0.3) is 6.02 Å². The molecule has 1 aliphatic heterocycles. The van der Waals surface area contributed by atoms with Crippen molar-refractivity contribution in [1.29, 1.82) is 0 Å². The molecule has 90 valence electrons. The molecular weight excluding hydrogens is 226 g/mol. The van der Waals surface area contributed by atoms with Crippen molar-refractivity contribution in [2.45, 2.75) is 6.10 Å². The van der Waals surface area contributed by atoms with Gasteiger partial charge in [-0.05, 0) is 24.3 Å². The summed E-state index contributed by atoms with van der Waals surface area (Å²) < 4.78 is 5.73. The van der Waals surface area contributed by atoms with Crippen LogP contribution in [0.3, 0.4) is 0 Å². The highest BCUT2D eigenvalue weighted by Crippen LogP contribution is 2.21. The molecule has 1 unspecified atom stereocenters. The minimum atomic E-state index is -0.0857. The summed E-state index contributed by atoms with van der Waals surface area (Å²) in [6, 6.07) is 16.2. The Balaban J connectivity index is 1.65. The van der Waals surface area contributed by atoms with Crippen molar-refractivity contribution in [3.05, 3.63) is 60.4 Å². The van der Waals surface area contributed by atoms with Gasteiger partial charge in [0, 0.05) is 11.9 Å². The van der Waals surface area contributed by atoms with Gasteiger partial charge >= 0.3 is 0 Å². The second kappa shape index (κ2) is 4.87. The summed E-state index contributed by atoms with van der Waals surface area (Å²) in [6.45, 7) is 0.603. The monoisotopic (exact) mass is 239 g/mol. The minimum Gasteiger partial charge on any atom is -0.453 e. The van der Waals surface area contributed by atoms with E-state index in [2.05, 4.69) is 15.3 Å². The second-order valence-electron chi connectivity index (χ2n) is 4.00. The zero-order chi connectivity index (χ0) is 12.2. The highest BCUT2D eigenvalue weighted by atomic mass is 16.5. The highest BCUT2D eigenvalue weighted by molar-refractivity contribution is 5.90. The standard InChI is InChI=1S/C14H13N3O/c1-2-6-11(7-3-1)17-14-16-10-13(18-14)12-8-4-5-9-15-12/h1-9,13H,10H2,(H,16,17). The lowest BCUT2D eigenvalue weighted by molar-refractivity contribution is 0.224. The normalized spacial score (nSPS) is 18.0. The smallest absolute Gasteiger partial charge is 0.290 e. The molecule has 1 aromatic heterocycles. The van der Waals surface area contributed by atoms with Crippen molar-refractivity contribution in [2.24, 2.45) is 4.99 Å². The molecule has 1 aromatic carbocycles. The molecule has 2 aromatic rings. The van der Waals surface area contributed by atoms with Crippen LogP contribution in [0.1, 0.15) is 11.8 Å². The molecule has 3 rings (SSSR count). The first-order valence-electron chi connectivity index (χ1n) is 5.86. The molecule has 1 N–H and O–H groups in total. The van der Waals surface area contributed by atoms with E-state index in [0.29, 0.717) is 12.6 Å². The Labute approximate surface area is 105 Å². The largest absolute Gasteiger partial charge is 0.453 e. The molecular formula is C14H13N3O. The molecule has 0 saturated carbocycles. The Morgan fingerprint density at radius 1 is 1.06 bits per heavy atom. The molecule has 1 atom stereocenters. The number of pyridine rings is 1. The molecule has 0 radical (unpaired) electrons. The SMILES string of the molecule is c1ccc(NC2=NCC(c3ccccn3)O2)cc1. The third-order valence-corrected chi connectivity index (χ3v) is 2.70. The van der Waals surface area contributed by atoms with E-state index in [-0.39, 0.29) is 6.10 Å². The zero-order valence-corrected chi connectivity index (χ0v) is 9.78. The van der Waals surface area contributed by atoms with Gasteiger partial charge in [-0.1, -0.05) is 24.3 Å². The predicted octanol–water partition coefficient (Wildman–Crippen LogP) is 2.62. The minimum absolute atomic E-state index is 0.0857. The molecule has 0 bridgehead atoms. The molecule has 0 saturated heterocycles. The fourth-order valence-electron chi connectivity index (χ4n) is 1.81. The van der Waals surface area contributed by atoms with Crippen molar-refractivity contribution in [3.8, 4) is 0 Å². The average molecular weight is 239 g/mol. The fourth-order valence-corrected chi connectivity index (χ4v) is 1.81. The van der Waals surface area contributed by atoms with Gasteiger partial charge < -0.3 is 10.1 Å². The van der Waals surface area contributed by atoms with Crippen LogP contribution in [-0.2, 0) is 4.74 Å². The van der Waals surface area contributed by atoms with Gasteiger partial charge in [-0.15, -0.1) is 0 Å². The number of amidine groups is 1. The summed E-state index contributed by atoms with van der Waals surface area (Å²) >= 11 is 0. The summed E-state index contributed by atoms with van der Waals surface area (Å²) in [7, 11) is 0. The van der Waals surface area contributed by atoms with E-state index < -0.39 is 0 Å². The van der Waals surface area contributed by atoms with Gasteiger partial charge in [0.1, 0.15) is 0 Å². The van der Waals surface area contributed by atoms with Crippen molar-refractivity contribution in [3.63, 3.8) is 0 Å². The number of aromatic nitrogens is 1. The third kappa shape index (κ3) is 2.32. The van der Waals surface area contributed by atoms with Gasteiger partial charge in [0.15, 0.2) is 6.10 Å². The molecule has 18 heavy (non-hydrogen) atoms. The number of benzene rings is 1. The molecule has 1 aliphatic rings. The second-order valence-corrected chi connectivity index (χ2v) is 4.00. The molecule has 0 amide bonds. The van der Waals surface area contributed by atoms with E-state index >= 15 is 0 Å². The average Bonchev–Trinajstić information content (AvgIpc) is 2.89. The van der Waals surface area contributed by atoms with E-state index in [9.17, 15) is 0 Å². The van der Waals surface area contributed by atoms with Crippen LogP contribution in [0.4, 0.5) is 5.69 Å². The number of anilines is 1. The maximum absolute atomic E-state index is 5.73. The highest BCUT2D eigenvalue weighted by Gasteiger charge is 2.22. The van der Waals surface area contributed by atoms with Crippen LogP contribution in [0, 0.1) is 0 Å². The van der Waals surface area contributed by atoms with Crippen LogP contribution < -0.4 is 5.32 Å². The number of para-hydroxylation sites is 1. The van der Waals surface area contributed by atoms with Gasteiger partial charge in [-0.2, -0.15) is 0 Å². The van der Waals surface area contributed by atoms with E-state index in [1.54, 1.807) is 6.20 Å². The number of nitrogens with zero attached hydrogens (tertiary/aromatic N) is 2. The first-order valence-corrected chi connectivity index (χ1v) is 5.86. The number of ether oxygens (including phenoxy) is 1. The van der Waals surface area contributed by atoms with E-state index in [1.807, 2.05) is 48.5 Å². The molecule has 4 nitrogen and oxygen atoms in total. The summed E-state index contributed by atoms with van der Waals surface area (Å²) in [5.74, 6) is 0. The van der Waals surface area contributed by atoms with Crippen LogP contribution in [0.15, 0.2) is 59.7 Å². The fraction of sp³-hybridized carbons (Fsp3) is 0.143.